The summed E-state index contributed by atoms with van der Waals surface area (Å²) in [6.07, 6.45) is 1.55. The van der Waals surface area contributed by atoms with E-state index in [1.54, 1.807) is 0 Å². The van der Waals surface area contributed by atoms with Crippen LogP contribution in [-0.2, 0) is 10.3 Å². The predicted molar refractivity (Wildman–Crippen MR) is 95.2 cm³/mol. The molecule has 0 aliphatic carbocycles. The van der Waals surface area contributed by atoms with Gasteiger partial charge in [-0.05, 0) is 41.8 Å². The standard InChI is InChI=1S/C18H22N2O3S/c21-17(20-16-7-4-12-24-16)19-13-18(22,14-5-2-1-3-6-14)15-8-10-23-11-9-15/h1-7,12,15,22H,8-11,13H2,(H2,19,20,21)/t18-/m0/s1. The fraction of sp³-hybridized carbons (Fsp3) is 0.389. The van der Waals surface area contributed by atoms with Crippen LogP contribution in [0.25, 0.3) is 0 Å². The van der Waals surface area contributed by atoms with Gasteiger partial charge in [0.2, 0.25) is 0 Å². The Balaban J connectivity index is 1.71. The first-order valence-corrected chi connectivity index (χ1v) is 9.00. The molecule has 1 aliphatic rings. The van der Waals surface area contributed by atoms with Crippen molar-refractivity contribution in [3.05, 3.63) is 53.4 Å². The van der Waals surface area contributed by atoms with Crippen molar-refractivity contribution >= 4 is 22.4 Å². The van der Waals surface area contributed by atoms with Crippen LogP contribution in [0.15, 0.2) is 47.8 Å². The SMILES string of the molecule is O=C(NC[C@](O)(c1ccccc1)C1CCOCC1)Nc1cccs1. The van der Waals surface area contributed by atoms with E-state index < -0.39 is 5.60 Å². The van der Waals surface area contributed by atoms with Crippen molar-refractivity contribution in [1.29, 1.82) is 0 Å². The van der Waals surface area contributed by atoms with Gasteiger partial charge in [-0.3, -0.25) is 5.32 Å². The molecule has 0 saturated carbocycles. The molecular formula is C18H22N2O3S. The fourth-order valence-electron chi connectivity index (χ4n) is 3.10. The van der Waals surface area contributed by atoms with Gasteiger partial charge in [-0.2, -0.15) is 0 Å². The van der Waals surface area contributed by atoms with Crippen LogP contribution in [0.3, 0.4) is 0 Å². The Bertz CT molecular complexity index is 642. The largest absolute Gasteiger partial charge is 0.383 e. The van der Waals surface area contributed by atoms with Crippen LogP contribution in [0, 0.1) is 5.92 Å². The summed E-state index contributed by atoms with van der Waals surface area (Å²) in [7, 11) is 0. The van der Waals surface area contributed by atoms with E-state index >= 15 is 0 Å². The van der Waals surface area contributed by atoms with E-state index in [4.69, 9.17) is 4.74 Å². The van der Waals surface area contributed by atoms with Gasteiger partial charge < -0.3 is 15.2 Å². The van der Waals surface area contributed by atoms with Crippen LogP contribution in [0.2, 0.25) is 0 Å². The number of nitrogens with one attached hydrogen (secondary N) is 2. The summed E-state index contributed by atoms with van der Waals surface area (Å²) in [6, 6.07) is 13.0. The summed E-state index contributed by atoms with van der Waals surface area (Å²) in [5.74, 6) is 0.0516. The van der Waals surface area contributed by atoms with Crippen molar-refractivity contribution < 1.29 is 14.6 Å². The van der Waals surface area contributed by atoms with Gasteiger partial charge in [0.1, 0.15) is 5.60 Å². The van der Waals surface area contributed by atoms with Crippen molar-refractivity contribution in [3.8, 4) is 0 Å². The highest BCUT2D eigenvalue weighted by Crippen LogP contribution is 2.35. The maximum atomic E-state index is 12.1. The lowest BCUT2D eigenvalue weighted by atomic mass is 9.77. The third kappa shape index (κ3) is 3.95. The minimum absolute atomic E-state index is 0.0516. The van der Waals surface area contributed by atoms with E-state index in [0.29, 0.717) is 13.2 Å². The Morgan fingerprint density at radius 1 is 1.21 bits per heavy atom. The van der Waals surface area contributed by atoms with Gasteiger partial charge in [0.15, 0.2) is 0 Å². The molecule has 0 unspecified atom stereocenters. The monoisotopic (exact) mass is 346 g/mol. The number of hydrogen-bond donors (Lipinski definition) is 3. The molecular weight excluding hydrogens is 324 g/mol. The lowest BCUT2D eigenvalue weighted by Gasteiger charge is -2.39. The molecule has 6 heteroatoms. The zero-order valence-corrected chi connectivity index (χ0v) is 14.2. The fourth-order valence-corrected chi connectivity index (χ4v) is 3.72. The normalized spacial score (nSPS) is 17.9. The number of carbonyl (C=O) groups excluding carboxylic acids is 1. The van der Waals surface area contributed by atoms with Gasteiger partial charge in [-0.25, -0.2) is 4.79 Å². The summed E-state index contributed by atoms with van der Waals surface area (Å²) < 4.78 is 5.42. The van der Waals surface area contributed by atoms with E-state index in [2.05, 4.69) is 10.6 Å². The molecule has 2 aromatic rings. The highest BCUT2D eigenvalue weighted by molar-refractivity contribution is 7.14. The van der Waals surface area contributed by atoms with E-state index in [0.717, 1.165) is 23.4 Å². The molecule has 1 atom stereocenters. The summed E-state index contributed by atoms with van der Waals surface area (Å²) in [5, 5.41) is 19.7. The number of amides is 2. The number of anilines is 1. The first kappa shape index (κ1) is 17.0. The number of aliphatic hydroxyl groups is 1. The first-order chi connectivity index (χ1) is 11.7. The number of carbonyl (C=O) groups is 1. The average Bonchev–Trinajstić information content (AvgIpc) is 3.14. The van der Waals surface area contributed by atoms with E-state index in [9.17, 15) is 9.90 Å². The van der Waals surface area contributed by atoms with Crippen LogP contribution < -0.4 is 10.6 Å². The van der Waals surface area contributed by atoms with Crippen molar-refractivity contribution in [2.24, 2.45) is 5.92 Å². The van der Waals surface area contributed by atoms with Crippen molar-refractivity contribution in [1.82, 2.24) is 5.32 Å². The Morgan fingerprint density at radius 2 is 1.96 bits per heavy atom. The topological polar surface area (TPSA) is 70.6 Å². The second-order valence-corrected chi connectivity index (χ2v) is 6.91. The molecule has 1 aromatic heterocycles. The molecule has 1 fully saturated rings. The van der Waals surface area contributed by atoms with Crippen LogP contribution in [-0.4, -0.2) is 30.9 Å². The minimum Gasteiger partial charge on any atom is -0.383 e. The lowest BCUT2D eigenvalue weighted by Crippen LogP contribution is -2.48. The molecule has 5 nitrogen and oxygen atoms in total. The average molecular weight is 346 g/mol. The number of thiophene rings is 1. The smallest absolute Gasteiger partial charge is 0.319 e. The Morgan fingerprint density at radius 3 is 2.62 bits per heavy atom. The van der Waals surface area contributed by atoms with Gasteiger partial charge in [0.25, 0.3) is 0 Å². The van der Waals surface area contributed by atoms with Crippen LogP contribution in [0.1, 0.15) is 18.4 Å². The molecule has 24 heavy (non-hydrogen) atoms. The van der Waals surface area contributed by atoms with Crippen molar-refractivity contribution in [3.63, 3.8) is 0 Å². The molecule has 3 N–H and O–H groups in total. The maximum Gasteiger partial charge on any atom is 0.319 e. The molecule has 1 saturated heterocycles. The molecule has 128 valence electrons. The third-order valence-corrected chi connectivity index (χ3v) is 5.23. The van der Waals surface area contributed by atoms with E-state index in [1.807, 2.05) is 47.8 Å². The molecule has 0 spiro atoms. The van der Waals surface area contributed by atoms with E-state index in [-0.39, 0.29) is 18.5 Å². The third-order valence-electron chi connectivity index (χ3n) is 4.45. The highest BCUT2D eigenvalue weighted by Gasteiger charge is 2.39. The summed E-state index contributed by atoms with van der Waals surface area (Å²) >= 11 is 1.46. The second-order valence-electron chi connectivity index (χ2n) is 5.96. The van der Waals surface area contributed by atoms with Crippen molar-refractivity contribution in [2.75, 3.05) is 25.1 Å². The van der Waals surface area contributed by atoms with Crippen LogP contribution in [0.4, 0.5) is 9.80 Å². The quantitative estimate of drug-likeness (QED) is 0.779. The van der Waals surface area contributed by atoms with Crippen LogP contribution in [0.5, 0.6) is 0 Å². The number of ether oxygens (including phenoxy) is 1. The lowest BCUT2D eigenvalue weighted by molar-refractivity contribution is -0.0674. The molecule has 2 heterocycles. The Labute approximate surface area is 145 Å². The maximum absolute atomic E-state index is 12.1. The summed E-state index contributed by atoms with van der Waals surface area (Å²) in [6.45, 7) is 1.45. The summed E-state index contributed by atoms with van der Waals surface area (Å²) in [4.78, 5) is 12.1. The van der Waals surface area contributed by atoms with Gasteiger partial charge >= 0.3 is 6.03 Å². The van der Waals surface area contributed by atoms with Gasteiger partial charge in [-0.15, -0.1) is 11.3 Å². The van der Waals surface area contributed by atoms with Crippen LogP contribution >= 0.6 is 11.3 Å². The second kappa shape index (κ2) is 7.79. The number of rotatable bonds is 5. The molecule has 3 rings (SSSR count). The number of urea groups is 1. The zero-order chi connectivity index (χ0) is 16.8. The predicted octanol–water partition coefficient (Wildman–Crippen LogP) is 3.18. The molecule has 2 amide bonds. The zero-order valence-electron chi connectivity index (χ0n) is 13.4. The minimum atomic E-state index is -1.10. The van der Waals surface area contributed by atoms with Gasteiger partial charge in [0, 0.05) is 13.2 Å². The molecule has 1 aromatic carbocycles. The Hall–Kier alpha value is -1.89. The van der Waals surface area contributed by atoms with Gasteiger partial charge in [0.05, 0.1) is 11.5 Å². The number of benzene rings is 1. The molecule has 0 radical (unpaired) electrons. The van der Waals surface area contributed by atoms with E-state index in [1.165, 1.54) is 11.3 Å². The Kier molecular flexibility index (Phi) is 5.50. The van der Waals surface area contributed by atoms with Gasteiger partial charge in [-0.1, -0.05) is 30.3 Å². The van der Waals surface area contributed by atoms with Crippen molar-refractivity contribution in [2.45, 2.75) is 18.4 Å². The highest BCUT2D eigenvalue weighted by atomic mass is 32.1. The summed E-state index contributed by atoms with van der Waals surface area (Å²) in [5.41, 5.74) is -0.272. The molecule has 0 bridgehead atoms. The number of hydrogen-bond acceptors (Lipinski definition) is 4. The first-order valence-electron chi connectivity index (χ1n) is 8.12. The molecule has 1 aliphatic heterocycles.